The molecule has 20 heavy (non-hydrogen) atoms. The van der Waals surface area contributed by atoms with Gasteiger partial charge in [-0.3, -0.25) is 4.79 Å². The lowest BCUT2D eigenvalue weighted by Gasteiger charge is -2.25. The van der Waals surface area contributed by atoms with Gasteiger partial charge in [0.1, 0.15) is 5.75 Å². The minimum absolute atomic E-state index is 0.0923. The van der Waals surface area contributed by atoms with Gasteiger partial charge in [-0.2, -0.15) is 0 Å². The Morgan fingerprint density at radius 2 is 2.20 bits per heavy atom. The molecule has 1 aromatic rings. The molecule has 0 bridgehead atoms. The van der Waals surface area contributed by atoms with Crippen LogP contribution in [0.2, 0.25) is 0 Å². The highest BCUT2D eigenvalue weighted by Gasteiger charge is 2.20. The van der Waals surface area contributed by atoms with Gasteiger partial charge in [0, 0.05) is 17.5 Å². The van der Waals surface area contributed by atoms with E-state index in [1.807, 2.05) is 31.2 Å². The quantitative estimate of drug-likeness (QED) is 0.816. The number of hydrogen-bond acceptors (Lipinski definition) is 4. The van der Waals surface area contributed by atoms with E-state index in [9.17, 15) is 4.79 Å². The first kappa shape index (κ1) is 15.2. The SMILES string of the molecule is COc1ccc(SC(C)C(=O)NC2CCCNC2)cc1. The van der Waals surface area contributed by atoms with Crippen LogP contribution < -0.4 is 15.4 Å². The second-order valence-electron chi connectivity index (χ2n) is 4.99. The third-order valence-corrected chi connectivity index (χ3v) is 4.50. The molecule has 4 nitrogen and oxygen atoms in total. The van der Waals surface area contributed by atoms with Crippen molar-refractivity contribution < 1.29 is 9.53 Å². The van der Waals surface area contributed by atoms with Crippen LogP contribution in [0.3, 0.4) is 0 Å². The number of piperidine rings is 1. The van der Waals surface area contributed by atoms with Crippen molar-refractivity contribution in [3.8, 4) is 5.75 Å². The van der Waals surface area contributed by atoms with Crippen molar-refractivity contribution >= 4 is 17.7 Å². The molecule has 2 unspecified atom stereocenters. The summed E-state index contributed by atoms with van der Waals surface area (Å²) in [6.45, 7) is 3.88. The number of hydrogen-bond donors (Lipinski definition) is 2. The summed E-state index contributed by atoms with van der Waals surface area (Å²) < 4.78 is 5.13. The van der Waals surface area contributed by atoms with Crippen molar-refractivity contribution in [2.75, 3.05) is 20.2 Å². The van der Waals surface area contributed by atoms with Crippen LogP contribution in [-0.2, 0) is 4.79 Å². The normalized spacial score (nSPS) is 20.2. The number of rotatable bonds is 5. The van der Waals surface area contributed by atoms with E-state index >= 15 is 0 Å². The zero-order valence-corrected chi connectivity index (χ0v) is 12.8. The average Bonchev–Trinajstić information content (AvgIpc) is 2.49. The zero-order valence-electron chi connectivity index (χ0n) is 12.0. The van der Waals surface area contributed by atoms with Crippen LogP contribution in [0.15, 0.2) is 29.2 Å². The number of carbonyl (C=O) groups excluding carboxylic acids is 1. The third kappa shape index (κ3) is 4.42. The molecule has 1 saturated heterocycles. The predicted molar refractivity (Wildman–Crippen MR) is 82.3 cm³/mol. The summed E-state index contributed by atoms with van der Waals surface area (Å²) in [7, 11) is 1.65. The van der Waals surface area contributed by atoms with Crippen LogP contribution in [0, 0.1) is 0 Å². The van der Waals surface area contributed by atoms with Crippen LogP contribution >= 0.6 is 11.8 Å². The summed E-state index contributed by atoms with van der Waals surface area (Å²) >= 11 is 1.57. The smallest absolute Gasteiger partial charge is 0.233 e. The van der Waals surface area contributed by atoms with Crippen molar-refractivity contribution in [3.63, 3.8) is 0 Å². The third-order valence-electron chi connectivity index (χ3n) is 3.38. The lowest BCUT2D eigenvalue weighted by Crippen LogP contribution is -2.47. The first-order valence-electron chi connectivity index (χ1n) is 7.01. The lowest BCUT2D eigenvalue weighted by atomic mass is 10.1. The maximum Gasteiger partial charge on any atom is 0.233 e. The van der Waals surface area contributed by atoms with Crippen molar-refractivity contribution in [3.05, 3.63) is 24.3 Å². The number of carbonyl (C=O) groups is 1. The highest BCUT2D eigenvalue weighted by molar-refractivity contribution is 8.00. The Morgan fingerprint density at radius 3 is 2.80 bits per heavy atom. The van der Waals surface area contributed by atoms with Crippen LogP contribution in [0.4, 0.5) is 0 Å². The first-order valence-corrected chi connectivity index (χ1v) is 7.89. The molecule has 0 saturated carbocycles. The number of thioether (sulfide) groups is 1. The molecule has 110 valence electrons. The number of ether oxygens (including phenoxy) is 1. The standard InChI is InChI=1S/C15H22N2O2S/c1-11(15(18)17-12-4-3-9-16-10-12)20-14-7-5-13(19-2)6-8-14/h5-8,11-12,16H,3-4,9-10H2,1-2H3,(H,17,18). The fourth-order valence-corrected chi connectivity index (χ4v) is 3.08. The maximum atomic E-state index is 12.2. The highest BCUT2D eigenvalue weighted by Crippen LogP contribution is 2.25. The summed E-state index contributed by atoms with van der Waals surface area (Å²) in [5, 5.41) is 6.33. The Kier molecular flexibility index (Phi) is 5.73. The molecule has 1 amide bonds. The van der Waals surface area contributed by atoms with Crippen LogP contribution in [-0.4, -0.2) is 37.4 Å². The largest absolute Gasteiger partial charge is 0.497 e. The topological polar surface area (TPSA) is 50.4 Å². The van der Waals surface area contributed by atoms with E-state index in [0.717, 1.165) is 36.6 Å². The molecule has 0 spiro atoms. The van der Waals surface area contributed by atoms with Crippen molar-refractivity contribution in [1.29, 1.82) is 0 Å². The van der Waals surface area contributed by atoms with Crippen LogP contribution in [0.5, 0.6) is 5.75 Å². The van der Waals surface area contributed by atoms with Gasteiger partial charge in [0.15, 0.2) is 0 Å². The van der Waals surface area contributed by atoms with Gasteiger partial charge in [0.2, 0.25) is 5.91 Å². The Bertz CT molecular complexity index is 430. The molecule has 1 aromatic carbocycles. The minimum Gasteiger partial charge on any atom is -0.497 e. The molecule has 0 aliphatic carbocycles. The van der Waals surface area contributed by atoms with Gasteiger partial charge in [-0.25, -0.2) is 0 Å². The summed E-state index contributed by atoms with van der Waals surface area (Å²) in [4.78, 5) is 13.2. The number of amides is 1. The fraction of sp³-hybridized carbons (Fsp3) is 0.533. The lowest BCUT2D eigenvalue weighted by molar-refractivity contribution is -0.121. The van der Waals surface area contributed by atoms with E-state index in [4.69, 9.17) is 4.74 Å². The maximum absolute atomic E-state index is 12.2. The molecule has 0 radical (unpaired) electrons. The second-order valence-corrected chi connectivity index (χ2v) is 6.40. The highest BCUT2D eigenvalue weighted by atomic mass is 32.2. The average molecular weight is 294 g/mol. The monoisotopic (exact) mass is 294 g/mol. The van der Waals surface area contributed by atoms with E-state index in [0.29, 0.717) is 0 Å². The fourth-order valence-electron chi connectivity index (χ4n) is 2.21. The molecule has 5 heteroatoms. The Hall–Kier alpha value is -1.20. The van der Waals surface area contributed by atoms with Gasteiger partial charge in [-0.05, 0) is 50.6 Å². The molecule has 1 aliphatic heterocycles. The molecule has 1 fully saturated rings. The zero-order chi connectivity index (χ0) is 14.4. The van der Waals surface area contributed by atoms with Gasteiger partial charge in [-0.1, -0.05) is 0 Å². The number of methoxy groups -OCH3 is 1. The Balaban J connectivity index is 1.83. The van der Waals surface area contributed by atoms with Crippen molar-refractivity contribution in [2.45, 2.75) is 36.0 Å². The van der Waals surface area contributed by atoms with Gasteiger partial charge in [-0.15, -0.1) is 11.8 Å². The van der Waals surface area contributed by atoms with Gasteiger partial charge < -0.3 is 15.4 Å². The molecule has 2 atom stereocenters. The molecular weight excluding hydrogens is 272 g/mol. The Labute approximate surface area is 124 Å². The summed E-state index contributed by atoms with van der Waals surface area (Å²) in [5.41, 5.74) is 0. The number of benzene rings is 1. The van der Waals surface area contributed by atoms with Crippen LogP contribution in [0.25, 0.3) is 0 Å². The summed E-state index contributed by atoms with van der Waals surface area (Å²) in [5.74, 6) is 0.944. The van der Waals surface area contributed by atoms with Crippen molar-refractivity contribution in [1.82, 2.24) is 10.6 Å². The Morgan fingerprint density at radius 1 is 1.45 bits per heavy atom. The molecule has 2 rings (SSSR count). The van der Waals surface area contributed by atoms with E-state index in [1.54, 1.807) is 18.9 Å². The van der Waals surface area contributed by atoms with Gasteiger partial charge in [0.25, 0.3) is 0 Å². The van der Waals surface area contributed by atoms with E-state index < -0.39 is 0 Å². The van der Waals surface area contributed by atoms with E-state index in [1.165, 1.54) is 0 Å². The predicted octanol–water partition coefficient (Wildman–Crippen LogP) is 2.04. The molecular formula is C15H22N2O2S. The molecule has 0 aromatic heterocycles. The van der Waals surface area contributed by atoms with E-state index in [-0.39, 0.29) is 17.2 Å². The molecule has 2 N–H and O–H groups in total. The first-order chi connectivity index (χ1) is 9.69. The second kappa shape index (κ2) is 7.55. The number of nitrogens with one attached hydrogen (secondary N) is 2. The van der Waals surface area contributed by atoms with Crippen LogP contribution in [0.1, 0.15) is 19.8 Å². The summed E-state index contributed by atoms with van der Waals surface area (Å²) in [6.07, 6.45) is 2.20. The molecule has 1 heterocycles. The minimum atomic E-state index is -0.0923. The van der Waals surface area contributed by atoms with Gasteiger partial charge >= 0.3 is 0 Å². The van der Waals surface area contributed by atoms with Gasteiger partial charge in [0.05, 0.1) is 12.4 Å². The molecule has 1 aliphatic rings. The van der Waals surface area contributed by atoms with Crippen molar-refractivity contribution in [2.24, 2.45) is 0 Å². The summed E-state index contributed by atoms with van der Waals surface area (Å²) in [6, 6.07) is 8.07. The van der Waals surface area contributed by atoms with E-state index in [2.05, 4.69) is 10.6 Å².